The molecule has 0 heterocycles. The molecular formula is C35H49N7O9. The molecule has 0 bridgehead atoms. The van der Waals surface area contributed by atoms with Gasteiger partial charge in [0.05, 0.1) is 11.3 Å². The van der Waals surface area contributed by atoms with Crippen molar-refractivity contribution in [2.24, 2.45) is 11.3 Å². The number of hydrogen-bond donors (Lipinski definition) is 8. The van der Waals surface area contributed by atoms with E-state index in [9.17, 15) is 44.3 Å². The summed E-state index contributed by atoms with van der Waals surface area (Å²) in [5, 5.41) is 46.7. The van der Waals surface area contributed by atoms with Crippen molar-refractivity contribution in [2.45, 2.75) is 78.4 Å². The number of hydrogen-bond acceptors (Lipinski definition) is 10. The Kier molecular flexibility index (Phi) is 16.5. The molecule has 16 heteroatoms. The predicted octanol–water partition coefficient (Wildman–Crippen LogP) is 2.91. The van der Waals surface area contributed by atoms with Gasteiger partial charge in [-0.3, -0.25) is 24.5 Å². The summed E-state index contributed by atoms with van der Waals surface area (Å²) >= 11 is 0. The number of anilines is 2. The van der Waals surface area contributed by atoms with E-state index in [0.29, 0.717) is 16.9 Å². The number of amides is 3. The van der Waals surface area contributed by atoms with E-state index in [1.165, 1.54) is 0 Å². The molecule has 0 aliphatic heterocycles. The van der Waals surface area contributed by atoms with E-state index >= 15 is 0 Å². The molecule has 0 fully saturated rings. The number of carboxylic acids is 2. The van der Waals surface area contributed by atoms with Crippen LogP contribution >= 0.6 is 0 Å². The second kappa shape index (κ2) is 20.2. The summed E-state index contributed by atoms with van der Waals surface area (Å²) in [5.41, 5.74) is 1.42. The number of carboxylic acid groups (broad SMARTS) is 2. The highest BCUT2D eigenvalue weighted by molar-refractivity contribution is 5.91. The maximum Gasteiger partial charge on any atom is 0.327 e. The van der Waals surface area contributed by atoms with E-state index in [1.54, 1.807) is 48.5 Å². The van der Waals surface area contributed by atoms with Crippen molar-refractivity contribution >= 4 is 41.0 Å². The number of nitrogens with zero attached hydrogens (tertiary/aromatic N) is 1. The van der Waals surface area contributed by atoms with Crippen LogP contribution in [0.3, 0.4) is 0 Å². The van der Waals surface area contributed by atoms with Crippen LogP contribution < -0.4 is 31.9 Å². The molecule has 0 aromatic heterocycles. The molecule has 0 saturated carbocycles. The van der Waals surface area contributed by atoms with Crippen LogP contribution in [0.1, 0.15) is 59.4 Å². The van der Waals surface area contributed by atoms with Crippen molar-refractivity contribution in [3.8, 4) is 0 Å². The Bertz CT molecular complexity index is 1520. The van der Waals surface area contributed by atoms with Gasteiger partial charge < -0.3 is 42.1 Å². The molecule has 2 aromatic carbocycles. The molecule has 3 unspecified atom stereocenters. The molecule has 8 N–H and O–H groups in total. The fourth-order valence-corrected chi connectivity index (χ4v) is 4.82. The number of rotatable bonds is 21. The molecule has 0 aliphatic carbocycles. The minimum Gasteiger partial charge on any atom is -0.480 e. The van der Waals surface area contributed by atoms with Gasteiger partial charge in [-0.2, -0.15) is 0 Å². The number of carbonyl (C=O) groups is 5. The monoisotopic (exact) mass is 711 g/mol. The van der Waals surface area contributed by atoms with Crippen LogP contribution in [-0.2, 0) is 30.4 Å². The van der Waals surface area contributed by atoms with Crippen LogP contribution in [0.4, 0.5) is 11.4 Å². The highest BCUT2D eigenvalue weighted by Gasteiger charge is 2.28. The minimum absolute atomic E-state index is 0.0217. The van der Waals surface area contributed by atoms with Gasteiger partial charge in [-0.05, 0) is 60.5 Å². The first-order valence-corrected chi connectivity index (χ1v) is 16.5. The Morgan fingerprint density at radius 1 is 0.804 bits per heavy atom. The van der Waals surface area contributed by atoms with Crippen molar-refractivity contribution in [1.29, 1.82) is 0 Å². The fraction of sp³-hybridized carbons (Fsp3) is 0.457. The Balaban J connectivity index is 1.97. The number of carbonyl (C=O) groups excluding carboxylic acids is 3. The van der Waals surface area contributed by atoms with E-state index in [2.05, 4.69) is 31.9 Å². The smallest absolute Gasteiger partial charge is 0.327 e. The molecule has 2 aromatic rings. The lowest BCUT2D eigenvalue weighted by Crippen LogP contribution is -2.53. The summed E-state index contributed by atoms with van der Waals surface area (Å²) in [6.07, 6.45) is 0.975. The van der Waals surface area contributed by atoms with Crippen LogP contribution in [-0.4, -0.2) is 76.0 Å². The molecule has 0 spiro atoms. The van der Waals surface area contributed by atoms with Crippen LogP contribution in [0, 0.1) is 21.4 Å². The van der Waals surface area contributed by atoms with Crippen LogP contribution in [0.25, 0.3) is 0 Å². The number of aliphatic carboxylic acids is 2. The first-order chi connectivity index (χ1) is 23.9. The zero-order valence-corrected chi connectivity index (χ0v) is 29.5. The molecule has 0 aliphatic rings. The van der Waals surface area contributed by atoms with Crippen molar-refractivity contribution < 1.29 is 39.1 Å². The lowest BCUT2D eigenvalue weighted by molar-refractivity contribution is -0.403. The van der Waals surface area contributed by atoms with Gasteiger partial charge in [-0.15, -0.1) is 0 Å². The minimum atomic E-state index is -1.33. The zero-order chi connectivity index (χ0) is 38.1. The topological polar surface area (TPSA) is 241 Å². The quantitative estimate of drug-likeness (QED) is 0.0530. The number of benzene rings is 2. The molecule has 3 atom stereocenters. The van der Waals surface area contributed by atoms with Gasteiger partial charge in [0.25, 0.3) is 6.20 Å². The SMILES string of the molecule is CC(C)CC(NC(=O)Cc1ccc(N/C(=C/[N+](=O)[O-])Nc2ccccc2)cc1)C(=O)NC(CCNCC(NC(=O)CC(C)(C)C)C(=O)O)C(=O)O. The maximum atomic E-state index is 13.2. The predicted molar refractivity (Wildman–Crippen MR) is 191 cm³/mol. The average Bonchev–Trinajstić information content (AvgIpc) is 3.01. The Morgan fingerprint density at radius 2 is 1.37 bits per heavy atom. The van der Waals surface area contributed by atoms with E-state index in [1.807, 2.05) is 40.7 Å². The summed E-state index contributed by atoms with van der Waals surface area (Å²) in [6.45, 7) is 9.11. The van der Waals surface area contributed by atoms with Crippen molar-refractivity contribution in [2.75, 3.05) is 23.7 Å². The first kappa shape index (κ1) is 41.7. The van der Waals surface area contributed by atoms with Gasteiger partial charge in [0.1, 0.15) is 18.1 Å². The van der Waals surface area contributed by atoms with Crippen molar-refractivity contribution in [1.82, 2.24) is 21.3 Å². The maximum absolute atomic E-state index is 13.2. The number of nitro groups is 1. The third-order valence-electron chi connectivity index (χ3n) is 7.14. The van der Waals surface area contributed by atoms with Crippen LogP contribution in [0.5, 0.6) is 0 Å². The zero-order valence-electron chi connectivity index (χ0n) is 29.5. The van der Waals surface area contributed by atoms with Gasteiger partial charge >= 0.3 is 11.9 Å². The number of para-hydroxylation sites is 1. The molecule has 278 valence electrons. The lowest BCUT2D eigenvalue weighted by Gasteiger charge is -2.23. The third-order valence-corrected chi connectivity index (χ3v) is 7.14. The molecule has 51 heavy (non-hydrogen) atoms. The summed E-state index contributed by atoms with van der Waals surface area (Å²) in [7, 11) is 0. The summed E-state index contributed by atoms with van der Waals surface area (Å²) in [5.74, 6) is -4.04. The van der Waals surface area contributed by atoms with Gasteiger partial charge in [0.2, 0.25) is 17.7 Å². The van der Waals surface area contributed by atoms with Gasteiger partial charge in [0, 0.05) is 24.3 Å². The molecule has 16 nitrogen and oxygen atoms in total. The second-order valence-electron chi connectivity index (χ2n) is 13.7. The van der Waals surface area contributed by atoms with Crippen molar-refractivity contribution in [3.63, 3.8) is 0 Å². The fourth-order valence-electron chi connectivity index (χ4n) is 4.82. The highest BCUT2D eigenvalue weighted by atomic mass is 16.6. The summed E-state index contributed by atoms with van der Waals surface area (Å²) < 4.78 is 0. The molecule has 2 rings (SSSR count). The van der Waals surface area contributed by atoms with Crippen LogP contribution in [0.15, 0.2) is 66.6 Å². The standard InChI is InChI=1S/C35H49N7O9/c1-22(2)17-27(32(45)41-26(33(46)47)15-16-36-20-28(34(48)49)40-31(44)19-35(3,4)5)39-30(43)18-23-11-13-25(14-12-23)38-29(21-42(50)51)37-24-9-7-6-8-10-24/h6-14,21-22,26-28,36-38H,15-20H2,1-5H3,(H,39,43)(H,40,44)(H,41,45)(H,46,47)(H,48,49)/b29-21+. The Morgan fingerprint density at radius 3 is 1.90 bits per heavy atom. The Labute approximate surface area is 297 Å². The highest BCUT2D eigenvalue weighted by Crippen LogP contribution is 2.18. The summed E-state index contributed by atoms with van der Waals surface area (Å²) in [6, 6.07) is 11.9. The first-order valence-electron chi connectivity index (χ1n) is 16.5. The molecular weight excluding hydrogens is 662 g/mol. The summed E-state index contributed by atoms with van der Waals surface area (Å²) in [4.78, 5) is 72.5. The third kappa shape index (κ3) is 17.1. The Hall–Kier alpha value is -5.51. The largest absolute Gasteiger partial charge is 0.480 e. The van der Waals surface area contributed by atoms with Gasteiger partial charge in [-0.25, -0.2) is 9.59 Å². The van der Waals surface area contributed by atoms with Crippen molar-refractivity contribution in [3.05, 3.63) is 82.3 Å². The van der Waals surface area contributed by atoms with E-state index in [-0.39, 0.29) is 55.9 Å². The van der Waals surface area contributed by atoms with Crippen LogP contribution in [0.2, 0.25) is 0 Å². The molecule has 0 saturated heterocycles. The average molecular weight is 712 g/mol. The van der Waals surface area contributed by atoms with E-state index in [0.717, 1.165) is 6.20 Å². The van der Waals surface area contributed by atoms with E-state index in [4.69, 9.17) is 0 Å². The molecule has 3 amide bonds. The molecule has 0 radical (unpaired) electrons. The van der Waals surface area contributed by atoms with Gasteiger partial charge in [0.15, 0.2) is 5.82 Å². The van der Waals surface area contributed by atoms with E-state index < -0.39 is 52.7 Å². The van der Waals surface area contributed by atoms with Gasteiger partial charge in [-0.1, -0.05) is 65.0 Å². The number of nitrogens with one attached hydrogen (secondary N) is 6. The second-order valence-corrected chi connectivity index (χ2v) is 13.7. The lowest BCUT2D eigenvalue weighted by atomic mass is 9.92. The normalized spacial score (nSPS) is 13.3.